The fourth-order valence-corrected chi connectivity index (χ4v) is 2.63. The number of nitrogens with one attached hydrogen (secondary N) is 1. The van der Waals surface area contributed by atoms with Crippen LogP contribution in [0.2, 0.25) is 5.28 Å². The van der Waals surface area contributed by atoms with Crippen LogP contribution in [0, 0.1) is 6.92 Å². The molecule has 7 heteroatoms. The summed E-state index contributed by atoms with van der Waals surface area (Å²) in [6.07, 6.45) is 1.34. The van der Waals surface area contributed by atoms with Crippen LogP contribution in [0.1, 0.15) is 39.3 Å². The summed E-state index contributed by atoms with van der Waals surface area (Å²) in [6, 6.07) is 2.05. The zero-order chi connectivity index (χ0) is 16.3. The highest BCUT2D eigenvalue weighted by Crippen LogP contribution is 2.20. The van der Waals surface area contributed by atoms with Crippen molar-refractivity contribution in [1.29, 1.82) is 0 Å². The minimum Gasteiger partial charge on any atom is -0.444 e. The number of amides is 1. The summed E-state index contributed by atoms with van der Waals surface area (Å²) in [6.45, 7) is 9.09. The number of ether oxygens (including phenoxy) is 1. The maximum absolute atomic E-state index is 11.8. The van der Waals surface area contributed by atoms with Gasteiger partial charge in [0.25, 0.3) is 0 Å². The van der Waals surface area contributed by atoms with Gasteiger partial charge in [0.2, 0.25) is 5.28 Å². The maximum Gasteiger partial charge on any atom is 0.407 e. The van der Waals surface area contributed by atoms with E-state index in [-0.39, 0.29) is 17.4 Å². The topological polar surface area (TPSA) is 67.4 Å². The second kappa shape index (κ2) is 6.69. The van der Waals surface area contributed by atoms with E-state index in [1.165, 1.54) is 0 Å². The summed E-state index contributed by atoms with van der Waals surface area (Å²) in [7, 11) is 0. The number of nitrogens with zero attached hydrogens (tertiary/aromatic N) is 3. The molecule has 1 amide bonds. The monoisotopic (exact) mass is 326 g/mol. The highest BCUT2D eigenvalue weighted by molar-refractivity contribution is 6.28. The van der Waals surface area contributed by atoms with Crippen molar-refractivity contribution in [2.45, 2.75) is 52.2 Å². The Bertz CT molecular complexity index is 517. The third-order valence-corrected chi connectivity index (χ3v) is 3.52. The van der Waals surface area contributed by atoms with Gasteiger partial charge in [0.05, 0.1) is 0 Å². The predicted molar refractivity (Wildman–Crippen MR) is 86.4 cm³/mol. The highest BCUT2D eigenvalue weighted by atomic mass is 35.5. The minimum atomic E-state index is -0.472. The predicted octanol–water partition coefficient (Wildman–Crippen LogP) is 2.93. The van der Waals surface area contributed by atoms with Crippen molar-refractivity contribution < 1.29 is 9.53 Å². The second-order valence-corrected chi connectivity index (χ2v) is 6.88. The first-order chi connectivity index (χ1) is 10.2. The summed E-state index contributed by atoms with van der Waals surface area (Å²) < 4.78 is 5.28. The molecule has 0 atom stereocenters. The van der Waals surface area contributed by atoms with Crippen molar-refractivity contribution in [2.75, 3.05) is 18.0 Å². The Morgan fingerprint density at radius 2 is 2.00 bits per heavy atom. The lowest BCUT2D eigenvalue weighted by molar-refractivity contribution is 0.0497. The lowest BCUT2D eigenvalue weighted by Gasteiger charge is -2.33. The molecule has 1 N–H and O–H groups in total. The molecule has 1 saturated heterocycles. The molecule has 0 aliphatic carbocycles. The number of alkyl carbamates (subject to hydrolysis) is 1. The Balaban J connectivity index is 1.86. The van der Waals surface area contributed by atoms with Crippen LogP contribution in [0.25, 0.3) is 0 Å². The molecule has 1 fully saturated rings. The van der Waals surface area contributed by atoms with Crippen LogP contribution in [-0.4, -0.2) is 40.8 Å². The van der Waals surface area contributed by atoms with Gasteiger partial charge in [-0.3, -0.25) is 0 Å². The van der Waals surface area contributed by atoms with E-state index < -0.39 is 5.60 Å². The molecule has 1 aromatic heterocycles. The zero-order valence-corrected chi connectivity index (χ0v) is 14.3. The molecule has 1 aliphatic rings. The van der Waals surface area contributed by atoms with Gasteiger partial charge >= 0.3 is 6.09 Å². The first-order valence-corrected chi connectivity index (χ1v) is 7.86. The van der Waals surface area contributed by atoms with E-state index in [0.29, 0.717) is 0 Å². The van der Waals surface area contributed by atoms with Crippen molar-refractivity contribution in [3.05, 3.63) is 17.0 Å². The summed E-state index contributed by atoms with van der Waals surface area (Å²) in [5, 5.41) is 3.19. The molecule has 0 spiro atoms. The molecule has 1 aliphatic heterocycles. The Labute approximate surface area is 136 Å². The van der Waals surface area contributed by atoms with Gasteiger partial charge in [0.15, 0.2) is 0 Å². The smallest absolute Gasteiger partial charge is 0.407 e. The number of hydrogen-bond acceptors (Lipinski definition) is 5. The molecule has 122 valence electrons. The fourth-order valence-electron chi connectivity index (χ4n) is 2.41. The first-order valence-electron chi connectivity index (χ1n) is 7.48. The third kappa shape index (κ3) is 5.02. The number of rotatable bonds is 2. The van der Waals surface area contributed by atoms with Gasteiger partial charge in [0, 0.05) is 30.9 Å². The highest BCUT2D eigenvalue weighted by Gasteiger charge is 2.24. The summed E-state index contributed by atoms with van der Waals surface area (Å²) in [4.78, 5) is 22.3. The van der Waals surface area contributed by atoms with E-state index in [0.717, 1.165) is 37.4 Å². The normalized spacial score (nSPS) is 16.5. The van der Waals surface area contributed by atoms with Crippen LogP contribution < -0.4 is 10.2 Å². The molecule has 0 aromatic carbocycles. The first kappa shape index (κ1) is 16.8. The number of hydrogen-bond donors (Lipinski definition) is 1. The van der Waals surface area contributed by atoms with E-state index in [9.17, 15) is 4.79 Å². The van der Waals surface area contributed by atoms with Gasteiger partial charge in [-0.1, -0.05) is 0 Å². The third-order valence-electron chi connectivity index (χ3n) is 3.35. The number of carbonyl (C=O) groups is 1. The molecule has 0 radical (unpaired) electrons. The average molecular weight is 327 g/mol. The second-order valence-electron chi connectivity index (χ2n) is 6.54. The van der Waals surface area contributed by atoms with Crippen molar-refractivity contribution in [2.24, 2.45) is 0 Å². The van der Waals surface area contributed by atoms with Crippen LogP contribution in [-0.2, 0) is 4.74 Å². The molecule has 2 rings (SSSR count). The van der Waals surface area contributed by atoms with Crippen molar-refractivity contribution in [1.82, 2.24) is 15.3 Å². The molecular formula is C15H23ClN4O2. The van der Waals surface area contributed by atoms with Crippen molar-refractivity contribution >= 4 is 23.5 Å². The number of piperidine rings is 1. The van der Waals surface area contributed by atoms with Crippen molar-refractivity contribution in [3.63, 3.8) is 0 Å². The van der Waals surface area contributed by atoms with Crippen LogP contribution in [0.15, 0.2) is 6.07 Å². The van der Waals surface area contributed by atoms with Crippen LogP contribution in [0.3, 0.4) is 0 Å². The number of aryl methyl sites for hydroxylation is 1. The van der Waals surface area contributed by atoms with Gasteiger partial charge in [0.1, 0.15) is 11.4 Å². The van der Waals surface area contributed by atoms with E-state index in [2.05, 4.69) is 20.2 Å². The number of anilines is 1. The summed E-state index contributed by atoms with van der Waals surface area (Å²) >= 11 is 5.91. The Morgan fingerprint density at radius 1 is 1.36 bits per heavy atom. The van der Waals surface area contributed by atoms with Gasteiger partial charge < -0.3 is 15.0 Å². The van der Waals surface area contributed by atoms with Gasteiger partial charge in [-0.2, -0.15) is 0 Å². The number of carbonyl (C=O) groups excluding carboxylic acids is 1. The zero-order valence-electron chi connectivity index (χ0n) is 13.5. The largest absolute Gasteiger partial charge is 0.444 e. The molecular weight excluding hydrogens is 304 g/mol. The van der Waals surface area contributed by atoms with E-state index in [1.807, 2.05) is 33.8 Å². The Morgan fingerprint density at radius 3 is 2.55 bits per heavy atom. The summed E-state index contributed by atoms with van der Waals surface area (Å²) in [5.41, 5.74) is 0.379. The molecule has 0 saturated carbocycles. The molecule has 0 unspecified atom stereocenters. The molecule has 6 nitrogen and oxygen atoms in total. The summed E-state index contributed by atoms with van der Waals surface area (Å²) in [5.74, 6) is 0.841. The van der Waals surface area contributed by atoms with Gasteiger partial charge in [-0.15, -0.1) is 0 Å². The Hall–Kier alpha value is -1.56. The molecule has 1 aromatic rings. The van der Waals surface area contributed by atoms with Crippen molar-refractivity contribution in [3.8, 4) is 0 Å². The lowest BCUT2D eigenvalue weighted by atomic mass is 10.1. The Kier molecular flexibility index (Phi) is 5.11. The van der Waals surface area contributed by atoms with E-state index in [1.54, 1.807) is 0 Å². The standard InChI is InChI=1S/C15H23ClN4O2/c1-10-9-12(19-13(16)17-10)20-7-5-11(6-8-20)18-14(21)22-15(2,3)4/h9,11H,5-8H2,1-4H3,(H,18,21). The lowest BCUT2D eigenvalue weighted by Crippen LogP contribution is -2.46. The van der Waals surface area contributed by atoms with Crippen LogP contribution in [0.5, 0.6) is 0 Å². The SMILES string of the molecule is Cc1cc(N2CCC(NC(=O)OC(C)(C)C)CC2)nc(Cl)n1. The average Bonchev–Trinajstić information content (AvgIpc) is 2.36. The number of aromatic nitrogens is 2. The van der Waals surface area contributed by atoms with Crippen LogP contribution in [0.4, 0.5) is 10.6 Å². The molecule has 0 bridgehead atoms. The van der Waals surface area contributed by atoms with Gasteiger partial charge in [-0.05, 0) is 52.1 Å². The minimum absolute atomic E-state index is 0.129. The number of halogens is 1. The fraction of sp³-hybridized carbons (Fsp3) is 0.667. The van der Waals surface area contributed by atoms with E-state index >= 15 is 0 Å². The van der Waals surface area contributed by atoms with Crippen LogP contribution >= 0.6 is 11.6 Å². The quantitative estimate of drug-likeness (QED) is 0.846. The maximum atomic E-state index is 11.8. The van der Waals surface area contributed by atoms with Gasteiger partial charge in [-0.25, -0.2) is 14.8 Å². The van der Waals surface area contributed by atoms with E-state index in [4.69, 9.17) is 16.3 Å². The molecule has 22 heavy (non-hydrogen) atoms. The molecule has 2 heterocycles.